The highest BCUT2D eigenvalue weighted by atomic mass is 32.2. The first-order valence-electron chi connectivity index (χ1n) is 10.3. The lowest BCUT2D eigenvalue weighted by Crippen LogP contribution is -2.55. The summed E-state index contributed by atoms with van der Waals surface area (Å²) in [7, 11) is -3.63. The maximum absolute atomic E-state index is 13.2. The molecule has 0 aromatic heterocycles. The first-order chi connectivity index (χ1) is 13.9. The molecule has 1 atom stereocenters. The number of amides is 3. The molecule has 0 radical (unpaired) electrons. The van der Waals surface area contributed by atoms with Crippen LogP contribution in [-0.2, 0) is 14.8 Å². The lowest BCUT2D eigenvalue weighted by molar-refractivity contribution is -0.134. The molecule has 29 heavy (non-hydrogen) atoms. The Hall–Kier alpha value is -1.97. The number of hydrogen-bond acceptors (Lipinski definition) is 5. The molecule has 1 aromatic rings. The number of benzene rings is 1. The van der Waals surface area contributed by atoms with Crippen LogP contribution in [0.2, 0.25) is 0 Å². The van der Waals surface area contributed by atoms with Gasteiger partial charge in [-0.3, -0.25) is 9.69 Å². The van der Waals surface area contributed by atoms with Crippen LogP contribution >= 0.6 is 0 Å². The van der Waals surface area contributed by atoms with E-state index in [0.29, 0.717) is 25.8 Å². The van der Waals surface area contributed by atoms with Gasteiger partial charge in [-0.05, 0) is 44.4 Å². The minimum Gasteiger partial charge on any atom is -0.323 e. The minimum absolute atomic E-state index is 0.147. The van der Waals surface area contributed by atoms with Gasteiger partial charge in [0, 0.05) is 26.2 Å². The van der Waals surface area contributed by atoms with E-state index in [4.69, 9.17) is 0 Å². The van der Waals surface area contributed by atoms with Crippen molar-refractivity contribution in [2.75, 3.05) is 32.7 Å². The fraction of sp³-hybridized carbons (Fsp3) is 0.600. The molecule has 1 aromatic carbocycles. The standard InChI is InChI=1S/C20H28N4O4S/c1-2-11-22-13-9-20(10-14-22)18(25)24(19(26)21-20)16-8-12-23(15-16)29(27,28)17-6-4-3-5-7-17/h3-7,16H,2,8-15H2,1H3,(H,21,26)/t16-/m1/s1. The van der Waals surface area contributed by atoms with Crippen LogP contribution in [0.4, 0.5) is 4.79 Å². The van der Waals surface area contributed by atoms with Crippen LogP contribution in [0.25, 0.3) is 0 Å². The van der Waals surface area contributed by atoms with Crippen LogP contribution in [0.5, 0.6) is 0 Å². The van der Waals surface area contributed by atoms with Gasteiger partial charge in [-0.2, -0.15) is 4.31 Å². The van der Waals surface area contributed by atoms with E-state index in [9.17, 15) is 18.0 Å². The Bertz CT molecular complexity index is 881. The SMILES string of the molecule is CCCN1CCC2(CC1)NC(=O)N([C@@H]1CCN(S(=O)(=O)c3ccccc3)C1)C2=O. The van der Waals surface area contributed by atoms with Gasteiger partial charge in [0.2, 0.25) is 10.0 Å². The molecule has 158 valence electrons. The van der Waals surface area contributed by atoms with Crippen molar-refractivity contribution in [3.8, 4) is 0 Å². The lowest BCUT2D eigenvalue weighted by atomic mass is 9.87. The van der Waals surface area contributed by atoms with Gasteiger partial charge in [-0.25, -0.2) is 13.2 Å². The maximum Gasteiger partial charge on any atom is 0.325 e. The third kappa shape index (κ3) is 3.55. The maximum atomic E-state index is 13.2. The highest BCUT2D eigenvalue weighted by molar-refractivity contribution is 7.89. The largest absolute Gasteiger partial charge is 0.325 e. The van der Waals surface area contributed by atoms with E-state index < -0.39 is 21.6 Å². The zero-order valence-corrected chi connectivity index (χ0v) is 17.5. The number of nitrogens with zero attached hydrogens (tertiary/aromatic N) is 3. The van der Waals surface area contributed by atoms with Crippen molar-refractivity contribution < 1.29 is 18.0 Å². The number of rotatable bonds is 5. The lowest BCUT2D eigenvalue weighted by Gasteiger charge is -2.37. The average molecular weight is 421 g/mol. The molecule has 3 heterocycles. The Morgan fingerprint density at radius 3 is 2.45 bits per heavy atom. The predicted octanol–water partition coefficient (Wildman–Crippen LogP) is 1.25. The smallest absolute Gasteiger partial charge is 0.323 e. The molecule has 9 heteroatoms. The Kier molecular flexibility index (Phi) is 5.39. The second-order valence-electron chi connectivity index (χ2n) is 8.15. The van der Waals surface area contributed by atoms with Crippen molar-refractivity contribution in [1.29, 1.82) is 0 Å². The monoisotopic (exact) mass is 420 g/mol. The fourth-order valence-electron chi connectivity index (χ4n) is 4.67. The van der Waals surface area contributed by atoms with Crippen molar-refractivity contribution in [3.63, 3.8) is 0 Å². The summed E-state index contributed by atoms with van der Waals surface area (Å²) < 4.78 is 27.1. The number of likely N-dealkylation sites (tertiary alicyclic amines) is 1. The van der Waals surface area contributed by atoms with E-state index >= 15 is 0 Å². The van der Waals surface area contributed by atoms with Crippen LogP contribution in [-0.4, -0.2) is 78.8 Å². The normalized spacial score (nSPS) is 25.7. The number of sulfonamides is 1. The van der Waals surface area contributed by atoms with Crippen LogP contribution in [0.1, 0.15) is 32.6 Å². The van der Waals surface area contributed by atoms with Crippen LogP contribution in [0.15, 0.2) is 35.2 Å². The van der Waals surface area contributed by atoms with Crippen LogP contribution in [0.3, 0.4) is 0 Å². The van der Waals surface area contributed by atoms with Crippen molar-refractivity contribution >= 4 is 22.0 Å². The number of nitrogens with one attached hydrogen (secondary N) is 1. The zero-order chi connectivity index (χ0) is 20.6. The molecule has 0 saturated carbocycles. The molecule has 1 N–H and O–H groups in total. The third-order valence-corrected chi connectivity index (χ3v) is 8.19. The Balaban J connectivity index is 1.46. The number of piperidine rings is 1. The van der Waals surface area contributed by atoms with Gasteiger partial charge in [-0.1, -0.05) is 25.1 Å². The Labute approximate surface area is 171 Å². The first kappa shape index (κ1) is 20.3. The first-order valence-corrected chi connectivity index (χ1v) is 11.7. The average Bonchev–Trinajstić information content (AvgIpc) is 3.29. The number of imide groups is 1. The molecule has 0 bridgehead atoms. The van der Waals surface area contributed by atoms with E-state index in [1.54, 1.807) is 30.3 Å². The number of hydrogen-bond donors (Lipinski definition) is 1. The number of urea groups is 1. The highest BCUT2D eigenvalue weighted by Crippen LogP contribution is 2.33. The van der Waals surface area contributed by atoms with Gasteiger partial charge in [-0.15, -0.1) is 0 Å². The summed E-state index contributed by atoms with van der Waals surface area (Å²) in [6.07, 6.45) is 2.73. The molecule has 8 nitrogen and oxygen atoms in total. The summed E-state index contributed by atoms with van der Waals surface area (Å²) in [6, 6.07) is 7.46. The third-order valence-electron chi connectivity index (χ3n) is 6.31. The van der Waals surface area contributed by atoms with Gasteiger partial charge in [0.05, 0.1) is 10.9 Å². The van der Waals surface area contributed by atoms with Crippen molar-refractivity contribution in [2.45, 2.75) is 49.1 Å². The Morgan fingerprint density at radius 2 is 1.79 bits per heavy atom. The van der Waals surface area contributed by atoms with Crippen LogP contribution < -0.4 is 5.32 Å². The van der Waals surface area contributed by atoms with Gasteiger partial charge in [0.1, 0.15) is 5.54 Å². The number of carbonyl (C=O) groups is 2. The predicted molar refractivity (Wildman–Crippen MR) is 108 cm³/mol. The summed E-state index contributed by atoms with van der Waals surface area (Å²) in [5.74, 6) is -0.192. The quantitative estimate of drug-likeness (QED) is 0.724. The number of carbonyl (C=O) groups excluding carboxylic acids is 2. The molecule has 3 fully saturated rings. The summed E-state index contributed by atoms with van der Waals surface area (Å²) in [6.45, 7) is 5.14. The van der Waals surface area contributed by atoms with Gasteiger partial charge in [0.25, 0.3) is 5.91 Å². The van der Waals surface area contributed by atoms with Crippen molar-refractivity contribution in [2.24, 2.45) is 0 Å². The van der Waals surface area contributed by atoms with E-state index in [0.717, 1.165) is 26.1 Å². The molecule has 0 aliphatic carbocycles. The molecule has 3 saturated heterocycles. The van der Waals surface area contributed by atoms with E-state index in [1.807, 2.05) is 0 Å². The second kappa shape index (κ2) is 7.70. The van der Waals surface area contributed by atoms with E-state index in [-0.39, 0.29) is 23.4 Å². The molecular weight excluding hydrogens is 392 g/mol. The molecule has 3 amide bonds. The summed E-state index contributed by atoms with van der Waals surface area (Å²) in [4.78, 5) is 29.8. The van der Waals surface area contributed by atoms with Crippen molar-refractivity contribution in [3.05, 3.63) is 30.3 Å². The van der Waals surface area contributed by atoms with Gasteiger partial charge in [0.15, 0.2) is 0 Å². The van der Waals surface area contributed by atoms with E-state index in [2.05, 4.69) is 17.1 Å². The summed E-state index contributed by atoms with van der Waals surface area (Å²) in [5.41, 5.74) is -0.826. The molecule has 0 unspecified atom stereocenters. The minimum atomic E-state index is -3.63. The molecular formula is C20H28N4O4S. The molecule has 3 aliphatic heterocycles. The zero-order valence-electron chi connectivity index (χ0n) is 16.7. The Morgan fingerprint density at radius 1 is 1.10 bits per heavy atom. The topological polar surface area (TPSA) is 90.0 Å². The van der Waals surface area contributed by atoms with Crippen LogP contribution in [0, 0.1) is 0 Å². The fourth-order valence-corrected chi connectivity index (χ4v) is 6.18. The van der Waals surface area contributed by atoms with Gasteiger partial charge >= 0.3 is 6.03 Å². The van der Waals surface area contributed by atoms with Gasteiger partial charge < -0.3 is 10.2 Å². The molecule has 1 spiro atoms. The summed E-state index contributed by atoms with van der Waals surface area (Å²) >= 11 is 0. The molecule has 4 rings (SSSR count). The summed E-state index contributed by atoms with van der Waals surface area (Å²) in [5, 5.41) is 2.94. The highest BCUT2D eigenvalue weighted by Gasteiger charge is 2.55. The van der Waals surface area contributed by atoms with E-state index in [1.165, 1.54) is 9.21 Å². The van der Waals surface area contributed by atoms with Crippen molar-refractivity contribution in [1.82, 2.24) is 19.4 Å². The second-order valence-corrected chi connectivity index (χ2v) is 10.1. The molecule has 3 aliphatic rings.